The highest BCUT2D eigenvalue weighted by Crippen LogP contribution is 2.29. The second-order valence-corrected chi connectivity index (χ2v) is 7.76. The van der Waals surface area contributed by atoms with E-state index in [0.29, 0.717) is 0 Å². The van der Waals surface area contributed by atoms with Gasteiger partial charge in [-0.1, -0.05) is 56.6 Å². The molecule has 2 aromatic rings. The molecule has 1 aromatic heterocycles. The van der Waals surface area contributed by atoms with Gasteiger partial charge < -0.3 is 0 Å². The second-order valence-electron chi connectivity index (χ2n) is 6.01. The number of hydrogen-bond donors (Lipinski definition) is 2. The molecule has 0 spiro atoms. The van der Waals surface area contributed by atoms with Gasteiger partial charge in [-0.2, -0.15) is 0 Å². The number of nitrogens with two attached hydrogens (primary N) is 1. The van der Waals surface area contributed by atoms with Crippen molar-refractivity contribution in [1.29, 1.82) is 0 Å². The molecule has 0 aliphatic rings. The molecule has 3 N–H and O–H groups in total. The second kappa shape index (κ2) is 6.27. The zero-order valence-electron chi connectivity index (χ0n) is 12.1. The minimum absolute atomic E-state index is 0.105. The van der Waals surface area contributed by atoms with Crippen molar-refractivity contribution in [3.63, 3.8) is 0 Å². The van der Waals surface area contributed by atoms with Crippen molar-refractivity contribution in [3.05, 3.63) is 56.7 Å². The third kappa shape index (κ3) is 3.83. The summed E-state index contributed by atoms with van der Waals surface area (Å²) < 4.78 is 0.795. The summed E-state index contributed by atoms with van der Waals surface area (Å²) in [5.74, 6) is 5.67. The Kier molecular flexibility index (Phi) is 4.86. The molecule has 0 amide bonds. The average Bonchev–Trinajstić information content (AvgIpc) is 2.82. The van der Waals surface area contributed by atoms with Gasteiger partial charge in [0.05, 0.1) is 10.4 Å². The summed E-state index contributed by atoms with van der Waals surface area (Å²) >= 11 is 7.56. The number of rotatable bonds is 4. The first kappa shape index (κ1) is 15.5. The van der Waals surface area contributed by atoms with E-state index in [-0.39, 0.29) is 11.5 Å². The SMILES string of the molecule is CC(C)(C)c1ccc(CC(NN)c2ccc(Cl)s2)cc1. The van der Waals surface area contributed by atoms with Crippen molar-refractivity contribution < 1.29 is 0 Å². The molecule has 0 saturated carbocycles. The van der Waals surface area contributed by atoms with E-state index in [1.54, 1.807) is 11.3 Å². The van der Waals surface area contributed by atoms with Crippen molar-refractivity contribution in [2.45, 2.75) is 38.6 Å². The maximum Gasteiger partial charge on any atom is 0.0931 e. The molecule has 1 unspecified atom stereocenters. The average molecular weight is 309 g/mol. The maximum atomic E-state index is 5.99. The number of thiophene rings is 1. The Morgan fingerprint density at radius 1 is 1.15 bits per heavy atom. The summed E-state index contributed by atoms with van der Waals surface area (Å²) in [6.45, 7) is 6.67. The molecule has 0 fully saturated rings. The first-order valence-corrected chi connectivity index (χ1v) is 7.90. The summed E-state index contributed by atoms with van der Waals surface area (Å²) in [6.07, 6.45) is 0.859. The van der Waals surface area contributed by atoms with Crippen molar-refractivity contribution >= 4 is 22.9 Å². The van der Waals surface area contributed by atoms with Crippen LogP contribution in [0.4, 0.5) is 0 Å². The largest absolute Gasteiger partial charge is 0.271 e. The van der Waals surface area contributed by atoms with Gasteiger partial charge in [-0.3, -0.25) is 11.3 Å². The number of benzene rings is 1. The number of hydrogen-bond acceptors (Lipinski definition) is 3. The van der Waals surface area contributed by atoms with E-state index in [1.165, 1.54) is 11.1 Å². The van der Waals surface area contributed by atoms with Crippen LogP contribution < -0.4 is 11.3 Å². The lowest BCUT2D eigenvalue weighted by atomic mass is 9.86. The van der Waals surface area contributed by atoms with Crippen molar-refractivity contribution in [2.24, 2.45) is 5.84 Å². The Hall–Kier alpha value is -0.870. The first-order valence-electron chi connectivity index (χ1n) is 6.71. The number of hydrazine groups is 1. The van der Waals surface area contributed by atoms with Crippen LogP contribution in [0.3, 0.4) is 0 Å². The minimum atomic E-state index is 0.105. The topological polar surface area (TPSA) is 38.0 Å². The van der Waals surface area contributed by atoms with Crippen molar-refractivity contribution in [1.82, 2.24) is 5.43 Å². The highest BCUT2D eigenvalue weighted by Gasteiger charge is 2.15. The Balaban J connectivity index is 2.12. The molecule has 2 nitrogen and oxygen atoms in total. The Morgan fingerprint density at radius 3 is 2.25 bits per heavy atom. The fourth-order valence-electron chi connectivity index (χ4n) is 2.13. The molecule has 2 rings (SSSR count). The van der Waals surface area contributed by atoms with Crippen LogP contribution in [0.15, 0.2) is 36.4 Å². The smallest absolute Gasteiger partial charge is 0.0931 e. The van der Waals surface area contributed by atoms with Crippen molar-refractivity contribution in [3.8, 4) is 0 Å². The third-order valence-corrected chi connectivity index (χ3v) is 4.74. The van der Waals surface area contributed by atoms with Gasteiger partial charge in [-0.05, 0) is 35.1 Å². The van der Waals surface area contributed by atoms with Crippen LogP contribution >= 0.6 is 22.9 Å². The molecule has 0 saturated heterocycles. The van der Waals surface area contributed by atoms with Crippen LogP contribution in [0.25, 0.3) is 0 Å². The molecule has 0 radical (unpaired) electrons. The molecule has 108 valence electrons. The van der Waals surface area contributed by atoms with E-state index in [2.05, 4.69) is 50.5 Å². The first-order chi connectivity index (χ1) is 9.40. The standard InChI is InChI=1S/C16H21ClN2S/c1-16(2,3)12-6-4-11(5-7-12)10-13(19-18)14-8-9-15(17)20-14/h4-9,13,19H,10,18H2,1-3H3. The zero-order valence-corrected chi connectivity index (χ0v) is 13.7. The Bertz CT molecular complexity index is 555. The molecular formula is C16H21ClN2S. The van der Waals surface area contributed by atoms with E-state index in [0.717, 1.165) is 15.6 Å². The molecule has 1 atom stereocenters. The van der Waals surface area contributed by atoms with Gasteiger partial charge in [0.1, 0.15) is 0 Å². The Labute approximate surface area is 129 Å². The normalized spacial score (nSPS) is 13.4. The van der Waals surface area contributed by atoms with Gasteiger partial charge in [0.2, 0.25) is 0 Å². The van der Waals surface area contributed by atoms with Gasteiger partial charge in [0, 0.05) is 4.88 Å². The molecule has 0 bridgehead atoms. The fraction of sp³-hybridized carbons (Fsp3) is 0.375. The Morgan fingerprint density at radius 2 is 1.80 bits per heavy atom. The van der Waals surface area contributed by atoms with Crippen LogP contribution in [-0.4, -0.2) is 0 Å². The quantitative estimate of drug-likeness (QED) is 0.647. The van der Waals surface area contributed by atoms with E-state index in [9.17, 15) is 0 Å². The molecular weight excluding hydrogens is 288 g/mol. The predicted octanol–water partition coefficient (Wildman–Crippen LogP) is 4.45. The monoisotopic (exact) mass is 308 g/mol. The van der Waals surface area contributed by atoms with Crippen molar-refractivity contribution in [2.75, 3.05) is 0 Å². The predicted molar refractivity (Wildman–Crippen MR) is 88.2 cm³/mol. The van der Waals surface area contributed by atoms with Gasteiger partial charge >= 0.3 is 0 Å². The molecule has 0 aliphatic heterocycles. The molecule has 4 heteroatoms. The molecule has 1 heterocycles. The van der Waals surface area contributed by atoms with E-state index >= 15 is 0 Å². The fourth-order valence-corrected chi connectivity index (χ4v) is 3.25. The lowest BCUT2D eigenvalue weighted by Gasteiger charge is -2.20. The summed E-state index contributed by atoms with van der Waals surface area (Å²) in [5.41, 5.74) is 5.68. The molecule has 1 aromatic carbocycles. The third-order valence-electron chi connectivity index (χ3n) is 3.40. The highest BCUT2D eigenvalue weighted by molar-refractivity contribution is 7.16. The summed E-state index contributed by atoms with van der Waals surface area (Å²) in [4.78, 5) is 1.16. The maximum absolute atomic E-state index is 5.99. The van der Waals surface area contributed by atoms with E-state index < -0.39 is 0 Å². The van der Waals surface area contributed by atoms with Gasteiger partial charge in [-0.15, -0.1) is 11.3 Å². The highest BCUT2D eigenvalue weighted by atomic mass is 35.5. The van der Waals surface area contributed by atoms with E-state index in [1.807, 2.05) is 12.1 Å². The van der Waals surface area contributed by atoms with Crippen LogP contribution in [0, 0.1) is 0 Å². The van der Waals surface area contributed by atoms with E-state index in [4.69, 9.17) is 17.4 Å². The van der Waals surface area contributed by atoms with Crippen LogP contribution in [0.2, 0.25) is 4.34 Å². The summed E-state index contributed by atoms with van der Waals surface area (Å²) in [6, 6.07) is 12.8. The van der Waals surface area contributed by atoms with Gasteiger partial charge in [0.15, 0.2) is 0 Å². The van der Waals surface area contributed by atoms with Gasteiger partial charge in [-0.25, -0.2) is 0 Å². The van der Waals surface area contributed by atoms with Gasteiger partial charge in [0.25, 0.3) is 0 Å². The zero-order chi connectivity index (χ0) is 14.8. The van der Waals surface area contributed by atoms with Crippen LogP contribution in [0.1, 0.15) is 42.8 Å². The minimum Gasteiger partial charge on any atom is -0.271 e. The van der Waals surface area contributed by atoms with Crippen LogP contribution in [-0.2, 0) is 11.8 Å². The molecule has 0 aliphatic carbocycles. The lowest BCUT2D eigenvalue weighted by Crippen LogP contribution is -2.28. The number of nitrogens with one attached hydrogen (secondary N) is 1. The summed E-state index contributed by atoms with van der Waals surface area (Å²) in [7, 11) is 0. The molecule has 20 heavy (non-hydrogen) atoms. The summed E-state index contributed by atoms with van der Waals surface area (Å²) in [5, 5.41) is 0. The lowest BCUT2D eigenvalue weighted by molar-refractivity contribution is 0.559. The number of halogens is 1. The van der Waals surface area contributed by atoms with Crippen LogP contribution in [0.5, 0.6) is 0 Å².